The molecular weight excluding hydrogens is 286 g/mol. The van der Waals surface area contributed by atoms with Gasteiger partial charge in [0, 0.05) is 12.1 Å². The van der Waals surface area contributed by atoms with Gasteiger partial charge in [0.05, 0.1) is 29.5 Å². The molecule has 3 rings (SSSR count). The Morgan fingerprint density at radius 1 is 1.27 bits per heavy atom. The van der Waals surface area contributed by atoms with Crippen LogP contribution >= 0.6 is 0 Å². The molecule has 1 heterocycles. The Kier molecular flexibility index (Phi) is 3.38. The molecule has 0 atom stereocenters. The van der Waals surface area contributed by atoms with Crippen molar-refractivity contribution in [2.45, 2.75) is 6.54 Å². The zero-order chi connectivity index (χ0) is 15.7. The number of methoxy groups -OCH3 is 1. The molecule has 0 aliphatic heterocycles. The summed E-state index contributed by atoms with van der Waals surface area (Å²) in [5.41, 5.74) is 1.13. The molecule has 3 aromatic rings. The molecule has 0 unspecified atom stereocenters. The van der Waals surface area contributed by atoms with E-state index in [0.717, 1.165) is 11.3 Å². The fourth-order valence-electron chi connectivity index (χ4n) is 2.38. The van der Waals surface area contributed by atoms with Crippen LogP contribution in [0.4, 0.5) is 5.69 Å². The smallest absolute Gasteiger partial charge is 0.272 e. The van der Waals surface area contributed by atoms with Crippen molar-refractivity contribution >= 4 is 16.6 Å². The Balaban J connectivity index is 2.04. The molecule has 0 bridgehead atoms. The van der Waals surface area contributed by atoms with Gasteiger partial charge in [-0.1, -0.05) is 12.1 Å². The van der Waals surface area contributed by atoms with Gasteiger partial charge in [0.25, 0.3) is 11.2 Å². The maximum absolute atomic E-state index is 12.0. The normalized spacial score (nSPS) is 10.8. The number of nitrogens with zero attached hydrogens (tertiary/aromatic N) is 2. The van der Waals surface area contributed by atoms with Crippen LogP contribution in [0.25, 0.3) is 10.9 Å². The highest BCUT2D eigenvalue weighted by Crippen LogP contribution is 2.20. The third-order valence-corrected chi connectivity index (χ3v) is 3.44. The van der Waals surface area contributed by atoms with E-state index in [9.17, 15) is 14.9 Å². The lowest BCUT2D eigenvalue weighted by Gasteiger charge is -2.06. The molecule has 0 amide bonds. The quantitative estimate of drug-likeness (QED) is 0.591. The van der Waals surface area contributed by atoms with Crippen LogP contribution in [-0.4, -0.2) is 21.8 Å². The van der Waals surface area contributed by atoms with E-state index in [1.807, 2.05) is 24.3 Å². The van der Waals surface area contributed by atoms with E-state index in [0.29, 0.717) is 17.4 Å². The van der Waals surface area contributed by atoms with Gasteiger partial charge in [-0.05, 0) is 23.8 Å². The molecule has 1 aromatic heterocycles. The molecule has 0 spiro atoms. The van der Waals surface area contributed by atoms with Crippen LogP contribution in [0.2, 0.25) is 0 Å². The van der Waals surface area contributed by atoms with Crippen LogP contribution in [0.1, 0.15) is 5.56 Å². The Bertz CT molecular complexity index is 911. The number of hydrogen-bond acceptors (Lipinski definition) is 4. The zero-order valence-corrected chi connectivity index (χ0v) is 11.8. The number of aromatic nitrogens is 2. The molecule has 0 radical (unpaired) electrons. The zero-order valence-electron chi connectivity index (χ0n) is 11.8. The van der Waals surface area contributed by atoms with Crippen molar-refractivity contribution in [3.05, 3.63) is 68.5 Å². The number of H-pyrrole nitrogens is 1. The van der Waals surface area contributed by atoms with Gasteiger partial charge in [-0.25, -0.2) is 0 Å². The maximum atomic E-state index is 12.0. The van der Waals surface area contributed by atoms with E-state index in [-0.39, 0.29) is 11.2 Å². The minimum atomic E-state index is -0.516. The minimum absolute atomic E-state index is 0.0999. The van der Waals surface area contributed by atoms with E-state index >= 15 is 0 Å². The minimum Gasteiger partial charge on any atom is -0.497 e. The van der Waals surface area contributed by atoms with Crippen LogP contribution in [0.5, 0.6) is 5.75 Å². The van der Waals surface area contributed by atoms with Gasteiger partial charge < -0.3 is 4.74 Å². The van der Waals surface area contributed by atoms with Crippen LogP contribution in [0.3, 0.4) is 0 Å². The standard InChI is InChI=1S/C15H13N3O4/c1-22-12-4-2-3-10(7-12)9-17-14-6-5-11(18(20)21)8-13(14)15(19)16-17/h2-8H,9H2,1H3,(H,16,19). The summed E-state index contributed by atoms with van der Waals surface area (Å²) in [5.74, 6) is 0.729. The Labute approximate surface area is 124 Å². The second-order valence-electron chi connectivity index (χ2n) is 4.84. The first-order valence-corrected chi connectivity index (χ1v) is 6.58. The van der Waals surface area contributed by atoms with Crippen LogP contribution in [0, 0.1) is 10.1 Å². The number of rotatable bonds is 4. The topological polar surface area (TPSA) is 90.2 Å². The molecule has 22 heavy (non-hydrogen) atoms. The Morgan fingerprint density at radius 3 is 2.82 bits per heavy atom. The Hall–Kier alpha value is -3.09. The highest BCUT2D eigenvalue weighted by atomic mass is 16.6. The van der Waals surface area contributed by atoms with E-state index < -0.39 is 4.92 Å². The van der Waals surface area contributed by atoms with Crippen LogP contribution in [0.15, 0.2) is 47.3 Å². The third-order valence-electron chi connectivity index (χ3n) is 3.44. The summed E-state index contributed by atoms with van der Waals surface area (Å²) < 4.78 is 6.83. The lowest BCUT2D eigenvalue weighted by Crippen LogP contribution is -2.06. The lowest BCUT2D eigenvalue weighted by atomic mass is 10.2. The van der Waals surface area contributed by atoms with Crippen molar-refractivity contribution < 1.29 is 9.66 Å². The average Bonchev–Trinajstić information content (AvgIpc) is 2.83. The number of nitrogens with one attached hydrogen (secondary N) is 1. The number of non-ortho nitro benzene ring substituents is 1. The highest BCUT2D eigenvalue weighted by molar-refractivity contribution is 5.81. The molecule has 0 saturated heterocycles. The summed E-state index contributed by atoms with van der Waals surface area (Å²) in [6.07, 6.45) is 0. The van der Waals surface area contributed by atoms with Crippen molar-refractivity contribution in [1.29, 1.82) is 0 Å². The molecule has 0 aliphatic carbocycles. The second-order valence-corrected chi connectivity index (χ2v) is 4.84. The van der Waals surface area contributed by atoms with Gasteiger partial charge in [-0.2, -0.15) is 0 Å². The molecule has 0 aliphatic rings. The monoisotopic (exact) mass is 299 g/mol. The van der Waals surface area contributed by atoms with E-state index in [1.165, 1.54) is 12.1 Å². The Morgan fingerprint density at radius 2 is 2.09 bits per heavy atom. The maximum Gasteiger partial charge on any atom is 0.272 e. The van der Waals surface area contributed by atoms with Crippen molar-refractivity contribution in [2.75, 3.05) is 7.11 Å². The van der Waals surface area contributed by atoms with Crippen molar-refractivity contribution in [3.8, 4) is 5.75 Å². The summed E-state index contributed by atoms with van der Waals surface area (Å²) in [6, 6.07) is 11.7. The van der Waals surface area contributed by atoms with Crippen molar-refractivity contribution in [3.63, 3.8) is 0 Å². The molecule has 0 fully saturated rings. The van der Waals surface area contributed by atoms with E-state index in [1.54, 1.807) is 17.9 Å². The number of hydrogen-bond donors (Lipinski definition) is 1. The predicted molar refractivity (Wildman–Crippen MR) is 81.3 cm³/mol. The fraction of sp³-hybridized carbons (Fsp3) is 0.133. The number of nitro benzene ring substituents is 1. The van der Waals surface area contributed by atoms with Crippen molar-refractivity contribution in [1.82, 2.24) is 9.78 Å². The molecule has 2 aromatic carbocycles. The molecule has 0 saturated carbocycles. The molecule has 1 N–H and O–H groups in total. The third kappa shape index (κ3) is 2.44. The van der Waals surface area contributed by atoms with Crippen molar-refractivity contribution in [2.24, 2.45) is 0 Å². The predicted octanol–water partition coefficient (Wildman–Crippen LogP) is 2.29. The first kappa shape index (κ1) is 13.9. The van der Waals surface area contributed by atoms with Gasteiger partial charge in [0.1, 0.15) is 5.75 Å². The lowest BCUT2D eigenvalue weighted by molar-refractivity contribution is -0.384. The first-order valence-electron chi connectivity index (χ1n) is 6.58. The second kappa shape index (κ2) is 5.36. The van der Waals surface area contributed by atoms with E-state index in [2.05, 4.69) is 5.10 Å². The van der Waals surface area contributed by atoms with Gasteiger partial charge in [0.15, 0.2) is 0 Å². The van der Waals surface area contributed by atoms with Gasteiger partial charge in [-0.3, -0.25) is 24.7 Å². The largest absolute Gasteiger partial charge is 0.497 e. The summed E-state index contributed by atoms with van der Waals surface area (Å²) in [4.78, 5) is 22.2. The number of fused-ring (bicyclic) bond motifs is 1. The SMILES string of the molecule is COc1cccc(Cn2[nH]c(=O)c3cc([N+](=O)[O-])ccc32)c1. The number of nitro groups is 1. The van der Waals surface area contributed by atoms with E-state index in [4.69, 9.17) is 4.74 Å². The molecule has 7 nitrogen and oxygen atoms in total. The van der Waals surface area contributed by atoms with Crippen LogP contribution in [-0.2, 0) is 6.54 Å². The van der Waals surface area contributed by atoms with Gasteiger partial charge >= 0.3 is 0 Å². The molecular formula is C15H13N3O4. The molecule has 7 heteroatoms. The number of benzene rings is 2. The molecule has 112 valence electrons. The van der Waals surface area contributed by atoms with Crippen LogP contribution < -0.4 is 10.3 Å². The summed E-state index contributed by atoms with van der Waals surface area (Å²) in [7, 11) is 1.59. The fourth-order valence-corrected chi connectivity index (χ4v) is 2.38. The summed E-state index contributed by atoms with van der Waals surface area (Å²) >= 11 is 0. The average molecular weight is 299 g/mol. The number of ether oxygens (including phenoxy) is 1. The van der Waals surface area contributed by atoms with Gasteiger partial charge in [0.2, 0.25) is 0 Å². The summed E-state index contributed by atoms with van der Waals surface area (Å²) in [6.45, 7) is 0.438. The van der Waals surface area contributed by atoms with Gasteiger partial charge in [-0.15, -0.1) is 0 Å². The first-order chi connectivity index (χ1) is 10.6. The summed E-state index contributed by atoms with van der Waals surface area (Å²) in [5, 5.41) is 13.8. The number of aromatic amines is 1. The highest BCUT2D eigenvalue weighted by Gasteiger charge is 2.12.